The van der Waals surface area contributed by atoms with Crippen molar-refractivity contribution in [2.75, 3.05) is 23.3 Å². The van der Waals surface area contributed by atoms with Crippen molar-refractivity contribution in [3.63, 3.8) is 0 Å². The molecular formula is C12H13N3. The van der Waals surface area contributed by atoms with E-state index in [1.807, 2.05) is 12.1 Å². The highest BCUT2D eigenvalue weighted by molar-refractivity contribution is 5.74. The first-order valence-corrected chi connectivity index (χ1v) is 5.43. The molecule has 2 aliphatic heterocycles. The molecule has 1 aromatic carbocycles. The molecule has 1 N–H and O–H groups in total. The Labute approximate surface area is 89.3 Å². The van der Waals surface area contributed by atoms with Crippen molar-refractivity contribution >= 4 is 11.4 Å². The zero-order chi connectivity index (χ0) is 10.3. The van der Waals surface area contributed by atoms with Gasteiger partial charge in [-0.2, -0.15) is 5.26 Å². The molecule has 1 atom stereocenters. The van der Waals surface area contributed by atoms with Crippen molar-refractivity contribution in [3.8, 4) is 6.07 Å². The average molecular weight is 199 g/mol. The Morgan fingerprint density at radius 2 is 2.40 bits per heavy atom. The minimum absolute atomic E-state index is 0.658. The van der Waals surface area contributed by atoms with Crippen LogP contribution in [0.1, 0.15) is 18.4 Å². The van der Waals surface area contributed by atoms with Crippen LogP contribution in [0.4, 0.5) is 11.4 Å². The van der Waals surface area contributed by atoms with Crippen LogP contribution >= 0.6 is 0 Å². The van der Waals surface area contributed by atoms with Crippen molar-refractivity contribution in [2.45, 2.75) is 18.9 Å². The van der Waals surface area contributed by atoms with Crippen LogP contribution in [-0.2, 0) is 0 Å². The van der Waals surface area contributed by atoms with Gasteiger partial charge in [-0.25, -0.2) is 0 Å². The topological polar surface area (TPSA) is 39.1 Å². The fourth-order valence-electron chi connectivity index (χ4n) is 2.59. The second kappa shape index (κ2) is 3.16. The van der Waals surface area contributed by atoms with E-state index in [2.05, 4.69) is 22.4 Å². The third-order valence-corrected chi connectivity index (χ3v) is 3.34. The molecule has 0 aromatic heterocycles. The lowest BCUT2D eigenvalue weighted by atomic mass is 10.1. The predicted octanol–water partition coefficient (Wildman–Crippen LogP) is 1.95. The molecule has 15 heavy (non-hydrogen) atoms. The molecule has 1 aromatic rings. The number of nitrogens with one attached hydrogen (secondary N) is 1. The molecule has 1 saturated heterocycles. The molecule has 0 saturated carbocycles. The zero-order valence-corrected chi connectivity index (χ0v) is 8.53. The van der Waals surface area contributed by atoms with Gasteiger partial charge < -0.3 is 10.2 Å². The van der Waals surface area contributed by atoms with E-state index in [4.69, 9.17) is 5.26 Å². The maximum Gasteiger partial charge on any atom is 0.0992 e. The van der Waals surface area contributed by atoms with E-state index in [9.17, 15) is 0 Å². The highest BCUT2D eigenvalue weighted by Gasteiger charge is 2.29. The Kier molecular flexibility index (Phi) is 1.81. The van der Waals surface area contributed by atoms with Crippen LogP contribution in [0.15, 0.2) is 18.2 Å². The van der Waals surface area contributed by atoms with Gasteiger partial charge in [0.15, 0.2) is 0 Å². The van der Waals surface area contributed by atoms with Crippen LogP contribution in [0, 0.1) is 11.3 Å². The number of anilines is 2. The Balaban J connectivity index is 2.05. The van der Waals surface area contributed by atoms with Gasteiger partial charge in [0.05, 0.1) is 23.0 Å². The highest BCUT2D eigenvalue weighted by atomic mass is 15.2. The molecule has 0 aliphatic carbocycles. The van der Waals surface area contributed by atoms with Gasteiger partial charge in [-0.1, -0.05) is 0 Å². The molecule has 76 valence electrons. The number of hydrogen-bond donors (Lipinski definition) is 1. The van der Waals surface area contributed by atoms with Gasteiger partial charge in [0.2, 0.25) is 0 Å². The number of nitrogens with zero attached hydrogens (tertiary/aromatic N) is 2. The van der Waals surface area contributed by atoms with Crippen LogP contribution in [0.5, 0.6) is 0 Å². The van der Waals surface area contributed by atoms with E-state index in [1.54, 1.807) is 0 Å². The summed E-state index contributed by atoms with van der Waals surface area (Å²) in [6.07, 6.45) is 2.57. The van der Waals surface area contributed by atoms with E-state index in [0.717, 1.165) is 24.3 Å². The second-order valence-corrected chi connectivity index (χ2v) is 4.21. The molecule has 0 amide bonds. The minimum atomic E-state index is 0.658. The van der Waals surface area contributed by atoms with Crippen molar-refractivity contribution in [1.82, 2.24) is 0 Å². The summed E-state index contributed by atoms with van der Waals surface area (Å²) in [5.41, 5.74) is 3.12. The van der Waals surface area contributed by atoms with Crippen molar-refractivity contribution in [1.29, 1.82) is 5.26 Å². The Bertz CT molecular complexity index is 433. The minimum Gasteiger partial charge on any atom is -0.381 e. The van der Waals surface area contributed by atoms with E-state index in [0.29, 0.717) is 6.04 Å². The van der Waals surface area contributed by atoms with Gasteiger partial charge in [0.1, 0.15) is 0 Å². The molecule has 1 unspecified atom stereocenters. The predicted molar refractivity (Wildman–Crippen MR) is 60.0 cm³/mol. The lowest BCUT2D eigenvalue weighted by molar-refractivity contribution is 0.683. The molecule has 2 aliphatic rings. The summed E-state index contributed by atoms with van der Waals surface area (Å²) in [7, 11) is 0. The van der Waals surface area contributed by atoms with Gasteiger partial charge in [0, 0.05) is 19.1 Å². The fourth-order valence-corrected chi connectivity index (χ4v) is 2.59. The van der Waals surface area contributed by atoms with Crippen molar-refractivity contribution in [3.05, 3.63) is 23.8 Å². The van der Waals surface area contributed by atoms with Gasteiger partial charge >= 0.3 is 0 Å². The average Bonchev–Trinajstić information content (AvgIpc) is 2.76. The van der Waals surface area contributed by atoms with Crippen molar-refractivity contribution < 1.29 is 0 Å². The zero-order valence-electron chi connectivity index (χ0n) is 8.53. The maximum atomic E-state index is 8.84. The number of nitriles is 1. The SMILES string of the molecule is N#Cc1ccc2c(c1)NCC1CCCN21. The Morgan fingerprint density at radius 3 is 3.27 bits per heavy atom. The van der Waals surface area contributed by atoms with Crippen molar-refractivity contribution in [2.24, 2.45) is 0 Å². The van der Waals surface area contributed by atoms with Crippen LogP contribution in [-0.4, -0.2) is 19.1 Å². The van der Waals surface area contributed by atoms with Crippen LogP contribution < -0.4 is 10.2 Å². The van der Waals surface area contributed by atoms with Crippen LogP contribution in [0.25, 0.3) is 0 Å². The second-order valence-electron chi connectivity index (χ2n) is 4.21. The molecule has 3 rings (SSSR count). The summed E-state index contributed by atoms with van der Waals surface area (Å²) in [6, 6.07) is 8.76. The normalized spacial score (nSPS) is 22.6. The lowest BCUT2D eigenvalue weighted by Gasteiger charge is -2.34. The summed E-state index contributed by atoms with van der Waals surface area (Å²) in [5.74, 6) is 0. The van der Waals surface area contributed by atoms with Crippen LogP contribution in [0.2, 0.25) is 0 Å². The smallest absolute Gasteiger partial charge is 0.0992 e. The Hall–Kier alpha value is -1.69. The summed E-state index contributed by atoms with van der Waals surface area (Å²) in [4.78, 5) is 2.47. The summed E-state index contributed by atoms with van der Waals surface area (Å²) >= 11 is 0. The standard InChI is InChI=1S/C12H13N3/c13-7-9-3-4-12-11(6-9)14-8-10-2-1-5-15(10)12/h3-4,6,10,14H,1-2,5,8H2. The van der Waals surface area contributed by atoms with Gasteiger partial charge in [-0.15, -0.1) is 0 Å². The molecule has 0 spiro atoms. The molecule has 0 bridgehead atoms. The molecular weight excluding hydrogens is 186 g/mol. The van der Waals surface area contributed by atoms with Gasteiger partial charge in [0.25, 0.3) is 0 Å². The maximum absolute atomic E-state index is 8.84. The third-order valence-electron chi connectivity index (χ3n) is 3.34. The van der Waals surface area contributed by atoms with E-state index in [-0.39, 0.29) is 0 Å². The molecule has 0 radical (unpaired) electrons. The summed E-state index contributed by atoms with van der Waals surface area (Å²) < 4.78 is 0. The van der Waals surface area contributed by atoms with Gasteiger partial charge in [-0.3, -0.25) is 0 Å². The van der Waals surface area contributed by atoms with E-state index in [1.165, 1.54) is 18.5 Å². The lowest BCUT2D eigenvalue weighted by Crippen LogP contribution is -2.39. The first-order valence-electron chi connectivity index (χ1n) is 5.43. The first-order chi connectivity index (χ1) is 7.38. The fraction of sp³-hybridized carbons (Fsp3) is 0.417. The quantitative estimate of drug-likeness (QED) is 0.694. The van der Waals surface area contributed by atoms with E-state index >= 15 is 0 Å². The van der Waals surface area contributed by atoms with Gasteiger partial charge in [-0.05, 0) is 31.0 Å². The summed E-state index contributed by atoms with van der Waals surface area (Å²) in [5, 5.41) is 12.3. The number of hydrogen-bond acceptors (Lipinski definition) is 3. The third kappa shape index (κ3) is 1.25. The largest absolute Gasteiger partial charge is 0.381 e. The van der Waals surface area contributed by atoms with Crippen LogP contribution in [0.3, 0.4) is 0 Å². The molecule has 3 nitrogen and oxygen atoms in total. The van der Waals surface area contributed by atoms with E-state index < -0.39 is 0 Å². The number of rotatable bonds is 0. The molecule has 1 fully saturated rings. The molecule has 3 heteroatoms. The molecule has 2 heterocycles. The monoisotopic (exact) mass is 199 g/mol. The number of benzene rings is 1. The Morgan fingerprint density at radius 1 is 1.47 bits per heavy atom. The first kappa shape index (κ1) is 8.60. The summed E-state index contributed by atoms with van der Waals surface area (Å²) in [6.45, 7) is 2.17. The highest BCUT2D eigenvalue weighted by Crippen LogP contribution is 2.36. The number of fused-ring (bicyclic) bond motifs is 3.